The molecule has 2 heteroatoms. The van der Waals surface area contributed by atoms with E-state index in [2.05, 4.69) is 45.1 Å². The van der Waals surface area contributed by atoms with Gasteiger partial charge in [0.2, 0.25) is 0 Å². The van der Waals surface area contributed by atoms with E-state index in [4.69, 9.17) is 0 Å². The maximum atomic E-state index is 3.62. The minimum Gasteiger partial charge on any atom is -0.299 e. The third kappa shape index (κ3) is 2.50. The lowest BCUT2D eigenvalue weighted by molar-refractivity contribution is 0.192. The van der Waals surface area contributed by atoms with E-state index in [1.807, 2.05) is 0 Å². The molecule has 18 heavy (non-hydrogen) atoms. The fourth-order valence-electron chi connectivity index (χ4n) is 3.61. The number of halogens is 1. The van der Waals surface area contributed by atoms with Crippen LogP contribution in [-0.2, 0) is 6.42 Å². The van der Waals surface area contributed by atoms with Crippen molar-refractivity contribution < 1.29 is 0 Å². The van der Waals surface area contributed by atoms with E-state index in [0.717, 1.165) is 17.3 Å². The number of hydrogen-bond donors (Lipinski definition) is 0. The normalized spacial score (nSPS) is 23.1. The molecule has 0 heterocycles. The van der Waals surface area contributed by atoms with Gasteiger partial charge in [-0.2, -0.15) is 0 Å². The van der Waals surface area contributed by atoms with Crippen molar-refractivity contribution in [3.8, 4) is 0 Å². The van der Waals surface area contributed by atoms with Gasteiger partial charge in [-0.3, -0.25) is 4.90 Å². The summed E-state index contributed by atoms with van der Waals surface area (Å²) in [7, 11) is 0. The minimum absolute atomic E-state index is 0.792. The highest BCUT2D eigenvalue weighted by atomic mass is 79.9. The van der Waals surface area contributed by atoms with Gasteiger partial charge in [-0.05, 0) is 30.4 Å². The average molecular weight is 308 g/mol. The molecule has 1 nitrogen and oxygen atoms in total. The molecule has 1 atom stereocenters. The first-order valence-corrected chi connectivity index (χ1v) is 8.38. The summed E-state index contributed by atoms with van der Waals surface area (Å²) in [5.74, 6) is 0.792. The first-order valence-electron chi connectivity index (χ1n) is 7.26. The van der Waals surface area contributed by atoms with Crippen LogP contribution < -0.4 is 0 Å². The summed E-state index contributed by atoms with van der Waals surface area (Å²) in [4.78, 5) is 2.74. The lowest BCUT2D eigenvalue weighted by Crippen LogP contribution is -2.40. The van der Waals surface area contributed by atoms with E-state index < -0.39 is 0 Å². The Balaban J connectivity index is 1.63. The van der Waals surface area contributed by atoms with Crippen molar-refractivity contribution in [2.45, 2.75) is 44.1 Å². The molecule has 1 aromatic rings. The molecule has 1 saturated carbocycles. The number of alkyl halides is 1. The van der Waals surface area contributed by atoms with E-state index in [1.54, 1.807) is 11.1 Å². The van der Waals surface area contributed by atoms with Gasteiger partial charge in [0.1, 0.15) is 0 Å². The lowest BCUT2D eigenvalue weighted by atomic mass is 9.77. The summed E-state index contributed by atoms with van der Waals surface area (Å²) >= 11 is 3.62. The summed E-state index contributed by atoms with van der Waals surface area (Å²) in [5, 5.41) is 1.11. The molecule has 0 amide bonds. The minimum atomic E-state index is 0.792. The van der Waals surface area contributed by atoms with Crippen LogP contribution in [0.1, 0.15) is 42.7 Å². The van der Waals surface area contributed by atoms with Crippen molar-refractivity contribution in [1.82, 2.24) is 4.90 Å². The van der Waals surface area contributed by atoms with E-state index >= 15 is 0 Å². The molecule has 0 spiro atoms. The van der Waals surface area contributed by atoms with E-state index in [0.29, 0.717) is 0 Å². The highest BCUT2D eigenvalue weighted by Crippen LogP contribution is 2.36. The Bertz CT molecular complexity index is 398. The van der Waals surface area contributed by atoms with E-state index in [9.17, 15) is 0 Å². The van der Waals surface area contributed by atoms with Crippen LogP contribution in [0.15, 0.2) is 24.3 Å². The van der Waals surface area contributed by atoms with Crippen LogP contribution in [0.4, 0.5) is 0 Å². The highest BCUT2D eigenvalue weighted by molar-refractivity contribution is 9.09. The average Bonchev–Trinajstić information content (AvgIpc) is 2.88. The molecule has 1 unspecified atom stereocenters. The van der Waals surface area contributed by atoms with Gasteiger partial charge >= 0.3 is 0 Å². The number of benzene rings is 1. The summed E-state index contributed by atoms with van der Waals surface area (Å²) in [6, 6.07) is 9.83. The maximum absolute atomic E-state index is 3.62. The van der Waals surface area contributed by atoms with Crippen molar-refractivity contribution >= 4 is 15.9 Å². The van der Waals surface area contributed by atoms with Crippen LogP contribution in [0.25, 0.3) is 0 Å². The summed E-state index contributed by atoms with van der Waals surface area (Å²) in [6.07, 6.45) is 7.00. The predicted molar refractivity (Wildman–Crippen MR) is 80.5 cm³/mol. The molecular weight excluding hydrogens is 286 g/mol. The quantitative estimate of drug-likeness (QED) is 0.744. The Hall–Kier alpha value is -0.340. The zero-order valence-electron chi connectivity index (χ0n) is 10.9. The van der Waals surface area contributed by atoms with Crippen LogP contribution >= 0.6 is 15.9 Å². The van der Waals surface area contributed by atoms with E-state index in [-0.39, 0.29) is 0 Å². The Kier molecular flexibility index (Phi) is 4.05. The molecule has 0 aliphatic heterocycles. The molecule has 1 aromatic carbocycles. The van der Waals surface area contributed by atoms with Gasteiger partial charge in [-0.15, -0.1) is 0 Å². The molecule has 0 bridgehead atoms. The lowest BCUT2D eigenvalue weighted by Gasteiger charge is -2.37. The van der Waals surface area contributed by atoms with Gasteiger partial charge in [0.15, 0.2) is 0 Å². The number of fused-ring (bicyclic) bond motifs is 1. The fraction of sp³-hybridized carbons (Fsp3) is 0.625. The number of nitrogens with zero attached hydrogens (tertiary/aromatic N) is 1. The third-order valence-electron chi connectivity index (χ3n) is 4.63. The second-order valence-electron chi connectivity index (χ2n) is 5.72. The second kappa shape index (κ2) is 5.75. The van der Waals surface area contributed by atoms with Crippen LogP contribution in [0, 0.1) is 0 Å². The van der Waals surface area contributed by atoms with Gasteiger partial charge in [-0.25, -0.2) is 0 Å². The van der Waals surface area contributed by atoms with Gasteiger partial charge in [0.25, 0.3) is 0 Å². The molecule has 0 radical (unpaired) electrons. The standard InChI is InChI=1S/C16H22BrN/c17-9-10-18(15-6-2-3-7-15)12-14-11-13-5-1-4-8-16(13)14/h1,4-5,8,14-15H,2-3,6-7,9-12H2. The van der Waals surface area contributed by atoms with Crippen LogP contribution in [0.2, 0.25) is 0 Å². The van der Waals surface area contributed by atoms with Crippen LogP contribution in [0.5, 0.6) is 0 Å². The third-order valence-corrected chi connectivity index (χ3v) is 4.98. The Labute approximate surface area is 119 Å². The number of rotatable bonds is 5. The van der Waals surface area contributed by atoms with Gasteiger partial charge in [0.05, 0.1) is 0 Å². The van der Waals surface area contributed by atoms with Crippen LogP contribution in [-0.4, -0.2) is 29.4 Å². The summed E-state index contributed by atoms with van der Waals surface area (Å²) in [5.41, 5.74) is 3.18. The van der Waals surface area contributed by atoms with Crippen molar-refractivity contribution in [2.24, 2.45) is 0 Å². The number of hydrogen-bond acceptors (Lipinski definition) is 1. The first kappa shape index (κ1) is 12.7. The highest BCUT2D eigenvalue weighted by Gasteiger charge is 2.30. The SMILES string of the molecule is BrCCN(CC1Cc2ccccc21)C1CCCC1. The summed E-state index contributed by atoms with van der Waals surface area (Å²) in [6.45, 7) is 2.48. The maximum Gasteiger partial charge on any atom is 0.0159 e. The van der Waals surface area contributed by atoms with Crippen molar-refractivity contribution in [3.05, 3.63) is 35.4 Å². The van der Waals surface area contributed by atoms with Gasteiger partial charge in [-0.1, -0.05) is 53.0 Å². The van der Waals surface area contributed by atoms with Gasteiger partial charge in [0, 0.05) is 30.4 Å². The van der Waals surface area contributed by atoms with Crippen molar-refractivity contribution in [2.75, 3.05) is 18.4 Å². The molecule has 0 saturated heterocycles. The molecular formula is C16H22BrN. The Morgan fingerprint density at radius 3 is 2.67 bits per heavy atom. The zero-order valence-corrected chi connectivity index (χ0v) is 12.5. The van der Waals surface area contributed by atoms with Gasteiger partial charge < -0.3 is 0 Å². The summed E-state index contributed by atoms with van der Waals surface area (Å²) < 4.78 is 0. The van der Waals surface area contributed by atoms with Crippen molar-refractivity contribution in [3.63, 3.8) is 0 Å². The monoisotopic (exact) mass is 307 g/mol. The smallest absolute Gasteiger partial charge is 0.0159 e. The fourth-order valence-corrected chi connectivity index (χ4v) is 4.07. The predicted octanol–water partition coefficient (Wildman–Crippen LogP) is 3.97. The Morgan fingerprint density at radius 2 is 1.94 bits per heavy atom. The molecule has 1 fully saturated rings. The Morgan fingerprint density at radius 1 is 1.17 bits per heavy atom. The molecule has 0 aromatic heterocycles. The molecule has 2 aliphatic carbocycles. The second-order valence-corrected chi connectivity index (χ2v) is 6.52. The largest absolute Gasteiger partial charge is 0.299 e. The molecule has 2 aliphatic rings. The molecule has 3 rings (SSSR count). The topological polar surface area (TPSA) is 3.24 Å². The van der Waals surface area contributed by atoms with Crippen molar-refractivity contribution in [1.29, 1.82) is 0 Å². The zero-order chi connectivity index (χ0) is 12.4. The molecule has 0 N–H and O–H groups in total. The molecule has 98 valence electrons. The van der Waals surface area contributed by atoms with E-state index in [1.165, 1.54) is 45.2 Å². The van der Waals surface area contributed by atoms with Crippen LogP contribution in [0.3, 0.4) is 0 Å². The first-order chi connectivity index (χ1) is 8.88.